The highest BCUT2D eigenvalue weighted by Gasteiger charge is 2.27. The van der Waals surface area contributed by atoms with Gasteiger partial charge in [0.05, 0.1) is 24.8 Å². The number of aromatic nitrogens is 2. The lowest BCUT2D eigenvalue weighted by molar-refractivity contribution is 0.229. The average molecular weight is 405 g/mol. The van der Waals surface area contributed by atoms with Crippen LogP contribution in [-0.4, -0.2) is 46.5 Å². The summed E-state index contributed by atoms with van der Waals surface area (Å²) in [4.78, 5) is 11.0. The number of anilines is 2. The van der Waals surface area contributed by atoms with E-state index in [4.69, 9.17) is 16.3 Å². The molecule has 8 heteroatoms. The van der Waals surface area contributed by atoms with Crippen LogP contribution in [0.5, 0.6) is 5.75 Å². The number of aliphatic hydroxyl groups is 2. The van der Waals surface area contributed by atoms with Crippen LogP contribution in [0.15, 0.2) is 37.1 Å². The zero-order valence-corrected chi connectivity index (χ0v) is 16.6. The van der Waals surface area contributed by atoms with Crippen LogP contribution >= 0.6 is 11.6 Å². The Labute approximate surface area is 169 Å². The molecule has 3 rings (SSSR count). The summed E-state index contributed by atoms with van der Waals surface area (Å²) in [7, 11) is 1.57. The lowest BCUT2D eigenvalue weighted by Gasteiger charge is -2.24. The van der Waals surface area contributed by atoms with Crippen LogP contribution in [0.4, 0.5) is 11.8 Å². The van der Waals surface area contributed by atoms with Gasteiger partial charge in [-0.1, -0.05) is 23.7 Å². The summed E-state index contributed by atoms with van der Waals surface area (Å²) in [6.45, 7) is 4.96. The fraction of sp³-hybridized carbons (Fsp3) is 0.400. The Morgan fingerprint density at radius 3 is 3.00 bits per heavy atom. The van der Waals surface area contributed by atoms with Crippen LogP contribution in [0.3, 0.4) is 0 Å². The van der Waals surface area contributed by atoms with Gasteiger partial charge < -0.3 is 25.2 Å². The fourth-order valence-electron chi connectivity index (χ4n) is 3.30. The second kappa shape index (κ2) is 9.23. The van der Waals surface area contributed by atoms with Gasteiger partial charge in [-0.05, 0) is 30.5 Å². The molecule has 0 amide bonds. The van der Waals surface area contributed by atoms with Crippen molar-refractivity contribution in [1.82, 2.24) is 9.97 Å². The van der Waals surface area contributed by atoms with E-state index in [-0.39, 0.29) is 12.6 Å². The summed E-state index contributed by atoms with van der Waals surface area (Å²) in [5.74, 6) is 1.67. The van der Waals surface area contributed by atoms with Crippen LogP contribution in [0.1, 0.15) is 30.1 Å². The van der Waals surface area contributed by atoms with Gasteiger partial charge in [0.2, 0.25) is 5.95 Å². The van der Waals surface area contributed by atoms with Crippen LogP contribution in [-0.2, 0) is 6.54 Å². The van der Waals surface area contributed by atoms with E-state index >= 15 is 0 Å². The van der Waals surface area contributed by atoms with E-state index < -0.39 is 6.10 Å². The summed E-state index contributed by atoms with van der Waals surface area (Å²) in [6, 6.07) is 5.55. The van der Waals surface area contributed by atoms with Crippen LogP contribution in [0.2, 0.25) is 5.02 Å². The van der Waals surface area contributed by atoms with Crippen molar-refractivity contribution in [1.29, 1.82) is 0 Å². The summed E-state index contributed by atoms with van der Waals surface area (Å²) in [6.07, 6.45) is 4.04. The minimum atomic E-state index is -0.886. The molecule has 2 atom stereocenters. The zero-order valence-electron chi connectivity index (χ0n) is 15.8. The second-order valence-electron chi connectivity index (χ2n) is 6.65. The topological polar surface area (TPSA) is 90.7 Å². The molecular formula is C20H25ClN4O3. The molecule has 28 heavy (non-hydrogen) atoms. The van der Waals surface area contributed by atoms with Gasteiger partial charge in [-0.3, -0.25) is 0 Å². The number of nitrogens with zero attached hydrogens (tertiary/aromatic N) is 3. The maximum Gasteiger partial charge on any atom is 0.227 e. The number of aliphatic hydroxyl groups excluding tert-OH is 2. The highest BCUT2D eigenvalue weighted by Crippen LogP contribution is 2.29. The molecule has 2 unspecified atom stereocenters. The molecule has 2 aromatic rings. The number of nitrogens with one attached hydrogen (secondary N) is 1. The first-order chi connectivity index (χ1) is 13.6. The van der Waals surface area contributed by atoms with E-state index in [1.54, 1.807) is 19.4 Å². The first-order valence-corrected chi connectivity index (χ1v) is 9.56. The summed E-state index contributed by atoms with van der Waals surface area (Å²) < 4.78 is 5.18. The van der Waals surface area contributed by atoms with E-state index in [0.717, 1.165) is 24.9 Å². The highest BCUT2D eigenvalue weighted by molar-refractivity contribution is 6.32. The van der Waals surface area contributed by atoms with Crippen molar-refractivity contribution in [2.24, 2.45) is 0 Å². The smallest absolute Gasteiger partial charge is 0.227 e. The van der Waals surface area contributed by atoms with E-state index in [1.807, 2.05) is 17.0 Å². The quantitative estimate of drug-likeness (QED) is 0.582. The lowest BCUT2D eigenvalue weighted by Crippen LogP contribution is -2.33. The standard InChI is InChI=1S/C20H25ClN4O3/c1-3-17(27)15-11-23-20(25-8-4-5-14(25)12-26)24-19(15)22-10-13-6-7-18(28-2)16(21)9-13/h3,6-7,9,11,14,17,26-27H,1,4-5,8,10,12H2,2H3,(H,22,23,24). The van der Waals surface area contributed by atoms with Crippen LogP contribution < -0.4 is 15.0 Å². The first-order valence-electron chi connectivity index (χ1n) is 9.18. The maximum absolute atomic E-state index is 10.2. The third-order valence-corrected chi connectivity index (χ3v) is 5.16. The average Bonchev–Trinajstić information content (AvgIpc) is 3.20. The van der Waals surface area contributed by atoms with Gasteiger partial charge in [0.15, 0.2) is 0 Å². The van der Waals surface area contributed by atoms with Gasteiger partial charge in [0.1, 0.15) is 17.7 Å². The van der Waals surface area contributed by atoms with Crippen molar-refractivity contribution in [3.8, 4) is 5.75 Å². The first kappa shape index (κ1) is 20.4. The predicted octanol–water partition coefficient (Wildman–Crippen LogP) is 2.93. The molecule has 1 aliphatic rings. The number of rotatable bonds is 8. The minimum absolute atomic E-state index is 0.0171. The predicted molar refractivity (Wildman–Crippen MR) is 110 cm³/mol. The maximum atomic E-state index is 10.2. The van der Waals surface area contributed by atoms with E-state index in [1.165, 1.54) is 6.08 Å². The van der Waals surface area contributed by atoms with Crippen molar-refractivity contribution < 1.29 is 14.9 Å². The molecule has 7 nitrogen and oxygen atoms in total. The molecule has 0 radical (unpaired) electrons. The number of methoxy groups -OCH3 is 1. The van der Waals surface area contributed by atoms with E-state index in [0.29, 0.717) is 34.6 Å². The van der Waals surface area contributed by atoms with Crippen molar-refractivity contribution in [3.63, 3.8) is 0 Å². The van der Waals surface area contributed by atoms with Crippen LogP contribution in [0, 0.1) is 0 Å². The Hall–Kier alpha value is -2.35. The molecule has 0 bridgehead atoms. The molecule has 3 N–H and O–H groups in total. The Morgan fingerprint density at radius 1 is 1.50 bits per heavy atom. The molecule has 1 fully saturated rings. The minimum Gasteiger partial charge on any atom is -0.495 e. The molecule has 1 aromatic carbocycles. The number of benzene rings is 1. The van der Waals surface area contributed by atoms with Gasteiger partial charge in [-0.2, -0.15) is 4.98 Å². The van der Waals surface area contributed by atoms with Gasteiger partial charge in [0, 0.05) is 24.8 Å². The number of hydrogen-bond donors (Lipinski definition) is 3. The van der Waals surface area contributed by atoms with Crippen molar-refractivity contribution >= 4 is 23.4 Å². The second-order valence-corrected chi connectivity index (χ2v) is 7.06. The van der Waals surface area contributed by atoms with E-state index in [9.17, 15) is 10.2 Å². The SMILES string of the molecule is C=CC(O)c1cnc(N2CCCC2CO)nc1NCc1ccc(OC)c(Cl)c1. The normalized spacial score (nSPS) is 17.4. The Kier molecular flexibility index (Phi) is 6.72. The Balaban J connectivity index is 1.85. The summed E-state index contributed by atoms with van der Waals surface area (Å²) in [5, 5.41) is 23.6. The zero-order chi connectivity index (χ0) is 20.1. The van der Waals surface area contributed by atoms with Crippen molar-refractivity contribution in [2.75, 3.05) is 30.5 Å². The highest BCUT2D eigenvalue weighted by atomic mass is 35.5. The van der Waals surface area contributed by atoms with Gasteiger partial charge in [-0.15, -0.1) is 6.58 Å². The Morgan fingerprint density at radius 2 is 2.32 bits per heavy atom. The number of ether oxygens (including phenoxy) is 1. The third kappa shape index (κ3) is 4.38. The molecule has 1 aromatic heterocycles. The third-order valence-electron chi connectivity index (χ3n) is 4.87. The molecular weight excluding hydrogens is 380 g/mol. The molecule has 2 heterocycles. The molecule has 0 spiro atoms. The molecule has 1 saturated heterocycles. The number of hydrogen-bond acceptors (Lipinski definition) is 7. The number of halogens is 1. The molecule has 0 saturated carbocycles. The Bertz CT molecular complexity index is 833. The van der Waals surface area contributed by atoms with E-state index in [2.05, 4.69) is 21.9 Å². The van der Waals surface area contributed by atoms with Gasteiger partial charge >= 0.3 is 0 Å². The van der Waals surface area contributed by atoms with Gasteiger partial charge in [0.25, 0.3) is 0 Å². The summed E-state index contributed by atoms with van der Waals surface area (Å²) in [5.41, 5.74) is 1.48. The molecule has 150 valence electrons. The molecule has 1 aliphatic heterocycles. The fourth-order valence-corrected chi connectivity index (χ4v) is 3.58. The largest absolute Gasteiger partial charge is 0.495 e. The molecule has 0 aliphatic carbocycles. The lowest BCUT2D eigenvalue weighted by atomic mass is 10.1. The van der Waals surface area contributed by atoms with Gasteiger partial charge in [-0.25, -0.2) is 4.98 Å². The van der Waals surface area contributed by atoms with Crippen molar-refractivity contribution in [2.45, 2.75) is 31.5 Å². The summed E-state index contributed by atoms with van der Waals surface area (Å²) >= 11 is 6.20. The monoisotopic (exact) mass is 404 g/mol. The van der Waals surface area contributed by atoms with Crippen molar-refractivity contribution in [3.05, 3.63) is 53.2 Å². The van der Waals surface area contributed by atoms with Crippen LogP contribution in [0.25, 0.3) is 0 Å².